The van der Waals surface area contributed by atoms with Crippen LogP contribution in [0, 0.1) is 0 Å². The van der Waals surface area contributed by atoms with E-state index < -0.39 is 0 Å². The number of hydrogen-bond donors (Lipinski definition) is 1. The molecule has 1 aliphatic rings. The third-order valence-electron chi connectivity index (χ3n) is 4.55. The Morgan fingerprint density at radius 1 is 1.19 bits per heavy atom. The van der Waals surface area contributed by atoms with E-state index in [1.807, 2.05) is 19.2 Å². The van der Waals surface area contributed by atoms with Crippen LogP contribution in [0.1, 0.15) is 26.6 Å². The molecule has 2 heterocycles. The summed E-state index contributed by atoms with van der Waals surface area (Å²) in [5.41, 5.74) is 2.35. The van der Waals surface area contributed by atoms with Crippen LogP contribution in [0.3, 0.4) is 0 Å². The number of nitrogens with zero attached hydrogens (tertiary/aromatic N) is 4. The number of anilines is 1. The number of halogens is 1. The average molecular weight is 396 g/mol. The van der Waals surface area contributed by atoms with Crippen LogP contribution in [-0.4, -0.2) is 57.2 Å². The van der Waals surface area contributed by atoms with Crippen LogP contribution in [-0.2, 0) is 12.5 Å². The van der Waals surface area contributed by atoms with Crippen molar-refractivity contribution in [2.24, 2.45) is 7.05 Å². The summed E-state index contributed by atoms with van der Waals surface area (Å²) in [6, 6.07) is 3.73. The molecule has 0 aliphatic carbocycles. The summed E-state index contributed by atoms with van der Waals surface area (Å²) >= 11 is 7.61. The molecule has 1 aliphatic heterocycles. The molecule has 0 saturated carbocycles. The summed E-state index contributed by atoms with van der Waals surface area (Å²) in [5, 5.41) is 3.32. The van der Waals surface area contributed by atoms with Gasteiger partial charge in [-0.2, -0.15) is 0 Å². The number of piperazine rings is 1. The van der Waals surface area contributed by atoms with Gasteiger partial charge in [-0.05, 0) is 19.2 Å². The standard InChI is InChI=1S/C18H26ClN5OS/c1-18(2,3)16-20-14-10-12(19)13(11-15(14)23(16)5)21-17(25)26-24-8-6-22(4)7-9-24/h10-11H,6-9H2,1-5H3,(H,21,25). The minimum absolute atomic E-state index is 0.0685. The first-order valence-corrected chi connectivity index (χ1v) is 9.89. The average Bonchev–Trinajstić information content (AvgIpc) is 2.86. The van der Waals surface area contributed by atoms with Crippen molar-refractivity contribution in [2.45, 2.75) is 26.2 Å². The Morgan fingerprint density at radius 3 is 2.46 bits per heavy atom. The fraction of sp³-hybridized carbons (Fsp3) is 0.556. The van der Waals surface area contributed by atoms with Crippen molar-refractivity contribution in [3.63, 3.8) is 0 Å². The molecule has 142 valence electrons. The van der Waals surface area contributed by atoms with Gasteiger partial charge in [-0.15, -0.1) is 0 Å². The van der Waals surface area contributed by atoms with Crippen molar-refractivity contribution in [1.82, 2.24) is 18.8 Å². The lowest BCUT2D eigenvalue weighted by Crippen LogP contribution is -2.41. The summed E-state index contributed by atoms with van der Waals surface area (Å²) in [6.45, 7) is 10.1. The summed E-state index contributed by atoms with van der Waals surface area (Å²) in [7, 11) is 4.09. The van der Waals surface area contributed by atoms with Gasteiger partial charge >= 0.3 is 0 Å². The minimum Gasteiger partial charge on any atom is -0.331 e. The quantitative estimate of drug-likeness (QED) is 0.780. The van der Waals surface area contributed by atoms with Gasteiger partial charge < -0.3 is 14.8 Å². The van der Waals surface area contributed by atoms with Crippen LogP contribution in [0.15, 0.2) is 12.1 Å². The molecule has 2 aromatic rings. The number of rotatable bonds is 2. The number of fused-ring (bicyclic) bond motifs is 1. The van der Waals surface area contributed by atoms with Gasteiger partial charge in [0.1, 0.15) is 5.82 Å². The molecule has 26 heavy (non-hydrogen) atoms. The van der Waals surface area contributed by atoms with Crippen LogP contribution >= 0.6 is 23.5 Å². The van der Waals surface area contributed by atoms with E-state index in [-0.39, 0.29) is 10.7 Å². The molecule has 1 fully saturated rings. The molecule has 0 unspecified atom stereocenters. The van der Waals surface area contributed by atoms with Crippen LogP contribution < -0.4 is 5.32 Å². The number of aryl methyl sites for hydroxylation is 1. The molecule has 6 nitrogen and oxygen atoms in total. The zero-order chi connectivity index (χ0) is 19.1. The second-order valence-corrected chi connectivity index (χ2v) is 9.28. The SMILES string of the molecule is CN1CCN(SC(=O)Nc2cc3c(cc2Cl)nc(C(C)(C)C)n3C)CC1. The van der Waals surface area contributed by atoms with Crippen LogP contribution in [0.25, 0.3) is 11.0 Å². The molecule has 0 spiro atoms. The molecule has 1 aromatic carbocycles. The lowest BCUT2D eigenvalue weighted by atomic mass is 9.96. The van der Waals surface area contributed by atoms with E-state index in [4.69, 9.17) is 16.6 Å². The Hall–Kier alpha value is -1.28. The molecule has 1 aromatic heterocycles. The summed E-state index contributed by atoms with van der Waals surface area (Å²) < 4.78 is 4.15. The van der Waals surface area contributed by atoms with Crippen LogP contribution in [0.2, 0.25) is 5.02 Å². The maximum atomic E-state index is 12.4. The second kappa shape index (κ2) is 7.38. The number of imidazole rings is 1. The molecular weight excluding hydrogens is 370 g/mol. The zero-order valence-electron chi connectivity index (χ0n) is 16.0. The molecule has 0 bridgehead atoms. The molecule has 1 amide bonds. The van der Waals surface area contributed by atoms with Gasteiger partial charge in [0.2, 0.25) is 0 Å². The highest BCUT2D eigenvalue weighted by Crippen LogP contribution is 2.32. The number of carbonyl (C=O) groups excluding carboxylic acids is 1. The first-order chi connectivity index (χ1) is 12.1. The largest absolute Gasteiger partial charge is 0.331 e. The fourth-order valence-electron chi connectivity index (χ4n) is 3.11. The lowest BCUT2D eigenvalue weighted by molar-refractivity contribution is 0.232. The Kier molecular flexibility index (Phi) is 5.53. The van der Waals surface area contributed by atoms with Crippen molar-refractivity contribution >= 4 is 45.5 Å². The van der Waals surface area contributed by atoms with E-state index in [1.54, 1.807) is 0 Å². The van der Waals surface area contributed by atoms with Gasteiger partial charge in [-0.3, -0.25) is 4.79 Å². The van der Waals surface area contributed by atoms with Crippen molar-refractivity contribution in [1.29, 1.82) is 0 Å². The van der Waals surface area contributed by atoms with E-state index in [2.05, 4.69) is 46.9 Å². The Morgan fingerprint density at radius 2 is 1.85 bits per heavy atom. The number of benzene rings is 1. The predicted octanol–water partition coefficient (Wildman–Crippen LogP) is 3.95. The molecule has 0 atom stereocenters. The number of amides is 1. The third-order valence-corrected chi connectivity index (χ3v) is 5.76. The Bertz CT molecular complexity index is 821. The summed E-state index contributed by atoms with van der Waals surface area (Å²) in [6.07, 6.45) is 0. The van der Waals surface area contributed by atoms with E-state index in [0.29, 0.717) is 10.7 Å². The molecule has 1 N–H and O–H groups in total. The van der Waals surface area contributed by atoms with Gasteiger partial charge in [0.25, 0.3) is 5.24 Å². The minimum atomic E-state index is -0.117. The van der Waals surface area contributed by atoms with Crippen LogP contribution in [0.5, 0.6) is 0 Å². The van der Waals surface area contributed by atoms with Gasteiger partial charge in [0.05, 0.1) is 21.7 Å². The van der Waals surface area contributed by atoms with Gasteiger partial charge in [-0.1, -0.05) is 32.4 Å². The first-order valence-electron chi connectivity index (χ1n) is 8.74. The Balaban J connectivity index is 1.78. The molecule has 0 radical (unpaired) electrons. The maximum Gasteiger partial charge on any atom is 0.298 e. The smallest absolute Gasteiger partial charge is 0.298 e. The van der Waals surface area contributed by atoms with Crippen molar-refractivity contribution in [2.75, 3.05) is 38.5 Å². The fourth-order valence-corrected chi connectivity index (χ4v) is 4.05. The summed E-state index contributed by atoms with van der Waals surface area (Å²) in [5.74, 6) is 0.985. The van der Waals surface area contributed by atoms with E-state index in [1.165, 1.54) is 11.9 Å². The molecule has 3 rings (SSSR count). The number of likely N-dealkylation sites (N-methyl/N-ethyl adjacent to an activating group) is 1. The summed E-state index contributed by atoms with van der Waals surface area (Å²) in [4.78, 5) is 19.4. The van der Waals surface area contributed by atoms with Gasteiger partial charge in [-0.25, -0.2) is 9.29 Å². The highest BCUT2D eigenvalue weighted by atomic mass is 35.5. The molecular formula is C18H26ClN5OS. The van der Waals surface area contributed by atoms with Crippen molar-refractivity contribution < 1.29 is 4.79 Å². The zero-order valence-corrected chi connectivity index (χ0v) is 17.5. The Labute approximate surface area is 164 Å². The van der Waals surface area contributed by atoms with E-state index in [9.17, 15) is 4.79 Å². The molecule has 1 saturated heterocycles. The topological polar surface area (TPSA) is 53.4 Å². The van der Waals surface area contributed by atoms with Crippen molar-refractivity contribution in [3.05, 3.63) is 23.0 Å². The highest BCUT2D eigenvalue weighted by Gasteiger charge is 2.23. The van der Waals surface area contributed by atoms with Crippen molar-refractivity contribution in [3.8, 4) is 0 Å². The lowest BCUT2D eigenvalue weighted by Gasteiger charge is -2.30. The second-order valence-electron chi connectivity index (χ2n) is 7.80. The maximum absolute atomic E-state index is 12.4. The normalized spacial score (nSPS) is 17.0. The van der Waals surface area contributed by atoms with Gasteiger partial charge in [0, 0.05) is 50.6 Å². The number of nitrogens with one attached hydrogen (secondary N) is 1. The van der Waals surface area contributed by atoms with E-state index >= 15 is 0 Å². The number of hydrogen-bond acceptors (Lipinski definition) is 5. The number of carbonyl (C=O) groups is 1. The molecule has 8 heteroatoms. The monoisotopic (exact) mass is 395 g/mol. The third kappa shape index (κ3) is 4.17. The van der Waals surface area contributed by atoms with Crippen LogP contribution in [0.4, 0.5) is 10.5 Å². The number of aromatic nitrogens is 2. The first kappa shape index (κ1) is 19.5. The highest BCUT2D eigenvalue weighted by molar-refractivity contribution is 8.11. The van der Waals surface area contributed by atoms with E-state index in [0.717, 1.165) is 43.0 Å². The predicted molar refractivity (Wildman–Crippen MR) is 110 cm³/mol. The van der Waals surface area contributed by atoms with Gasteiger partial charge in [0.15, 0.2) is 0 Å².